The maximum absolute atomic E-state index is 13.7. The van der Waals surface area contributed by atoms with Crippen molar-refractivity contribution in [1.29, 1.82) is 0 Å². The van der Waals surface area contributed by atoms with Gasteiger partial charge in [-0.2, -0.15) is 0 Å². The van der Waals surface area contributed by atoms with Crippen LogP contribution in [0.3, 0.4) is 0 Å². The Morgan fingerprint density at radius 1 is 0.635 bits per heavy atom. The molecule has 4 aromatic heterocycles. The van der Waals surface area contributed by atoms with Gasteiger partial charge in [0, 0.05) is 65.3 Å². The number of benzene rings is 3. The number of carbonyl (C=O) groups excluding carboxylic acids is 3. The summed E-state index contributed by atoms with van der Waals surface area (Å²) in [6.07, 6.45) is 0.993. The van der Waals surface area contributed by atoms with Gasteiger partial charge in [-0.15, -0.1) is 0 Å². The first-order valence-electron chi connectivity index (χ1n) is 24.5. The highest BCUT2D eigenvalue weighted by Crippen LogP contribution is 2.40. The monoisotopic (exact) mass is 1010 g/mol. The number of aromatic nitrogens is 6. The van der Waals surface area contributed by atoms with Gasteiger partial charge in [0.2, 0.25) is 0 Å². The van der Waals surface area contributed by atoms with E-state index in [1.807, 2.05) is 141 Å². The maximum atomic E-state index is 13.7. The van der Waals surface area contributed by atoms with Crippen LogP contribution in [0, 0.1) is 11.8 Å². The van der Waals surface area contributed by atoms with Crippen LogP contribution < -0.4 is 20.9 Å². The van der Waals surface area contributed by atoms with Gasteiger partial charge < -0.3 is 64.6 Å². The lowest BCUT2D eigenvalue weighted by Gasteiger charge is -2.23. The fraction of sp³-hybridized carbons (Fsp3) is 0.389. The van der Waals surface area contributed by atoms with Gasteiger partial charge in [0.25, 0.3) is 0 Å². The van der Waals surface area contributed by atoms with E-state index in [0.717, 1.165) is 33.3 Å². The molecule has 2 unspecified atom stereocenters. The SMILES string of the molecule is CN(C)c1ncnc2c1ccn2[C@@H]1O[C@H](CO)[C@H](CC(=O)[C@@H](N)Cc2ccccc2)C1O.CN(C)c1ncnc2c1ccn2[C@@H]1O[C@H](CO)[C@H](CC(=O)[C@H](Cc2ccccc2)NC(=O)OCc2ccccc2)C1O. The molecule has 0 radical (unpaired) electrons. The zero-order valence-electron chi connectivity index (χ0n) is 41.7. The third-order valence-electron chi connectivity index (χ3n) is 13.5. The summed E-state index contributed by atoms with van der Waals surface area (Å²) < 4.78 is 20.9. The summed E-state index contributed by atoms with van der Waals surface area (Å²) in [5.41, 5.74) is 9.97. The minimum absolute atomic E-state index is 0.0219. The molecule has 0 spiro atoms. The molecule has 20 heteroatoms. The van der Waals surface area contributed by atoms with Crippen LogP contribution in [0.1, 0.15) is 42.0 Å². The number of aliphatic hydroxyl groups is 4. The quantitative estimate of drug-likeness (QED) is 0.0674. The van der Waals surface area contributed by atoms with E-state index in [2.05, 4.69) is 25.3 Å². The van der Waals surface area contributed by atoms with Crippen LogP contribution in [0.15, 0.2) is 128 Å². The molecule has 7 N–H and O–H groups in total. The average Bonchev–Trinajstić information content (AvgIpc) is 4.19. The number of aliphatic hydroxyl groups excluding tert-OH is 4. The number of carbonyl (C=O) groups is 3. The molecule has 9 rings (SSSR count). The number of nitrogens with two attached hydrogens (primary N) is 1. The van der Waals surface area contributed by atoms with Crippen molar-refractivity contribution in [3.63, 3.8) is 0 Å². The topological polar surface area (TPSA) is 266 Å². The van der Waals surface area contributed by atoms with Crippen molar-refractivity contribution < 1.29 is 49.0 Å². The van der Waals surface area contributed by atoms with E-state index < -0.39 is 73.5 Å². The second kappa shape index (κ2) is 24.2. The van der Waals surface area contributed by atoms with Crippen molar-refractivity contribution in [3.8, 4) is 0 Å². The van der Waals surface area contributed by atoms with Crippen molar-refractivity contribution in [2.45, 2.75) is 81.2 Å². The molecular weight excluding hydrogens is 949 g/mol. The van der Waals surface area contributed by atoms with Crippen LogP contribution in [0.4, 0.5) is 16.4 Å². The number of nitrogens with zero attached hydrogens (tertiary/aromatic N) is 8. The second-order valence-electron chi connectivity index (χ2n) is 19.0. The zero-order valence-corrected chi connectivity index (χ0v) is 41.7. The summed E-state index contributed by atoms with van der Waals surface area (Å²) in [5, 5.41) is 46.8. The molecule has 2 aliphatic rings. The number of rotatable bonds is 19. The summed E-state index contributed by atoms with van der Waals surface area (Å²) in [7, 11) is 7.53. The third-order valence-corrected chi connectivity index (χ3v) is 13.5. The lowest BCUT2D eigenvalue weighted by molar-refractivity contribution is -0.123. The molecule has 7 aromatic rings. The van der Waals surface area contributed by atoms with Gasteiger partial charge in [-0.3, -0.25) is 9.59 Å². The summed E-state index contributed by atoms with van der Waals surface area (Å²) in [6.45, 7) is -0.638. The number of hydrogen-bond acceptors (Lipinski definition) is 17. The van der Waals surface area contributed by atoms with Crippen molar-refractivity contribution in [3.05, 3.63) is 145 Å². The normalized spacial score (nSPS) is 22.2. The lowest BCUT2D eigenvalue weighted by Crippen LogP contribution is -2.44. The Morgan fingerprint density at radius 2 is 1.07 bits per heavy atom. The highest BCUT2D eigenvalue weighted by atomic mass is 16.6. The Balaban J connectivity index is 0.000000204. The van der Waals surface area contributed by atoms with Gasteiger partial charge >= 0.3 is 6.09 Å². The Labute approximate surface area is 428 Å². The molecule has 0 saturated carbocycles. The largest absolute Gasteiger partial charge is 0.445 e. The summed E-state index contributed by atoms with van der Waals surface area (Å²) in [5.74, 6) is -0.316. The lowest BCUT2D eigenvalue weighted by atomic mass is 9.88. The van der Waals surface area contributed by atoms with Crippen LogP contribution in [-0.2, 0) is 43.2 Å². The predicted molar refractivity (Wildman–Crippen MR) is 276 cm³/mol. The molecule has 390 valence electrons. The number of ketones is 2. The van der Waals surface area contributed by atoms with Crippen molar-refractivity contribution in [2.75, 3.05) is 51.2 Å². The first-order valence-corrected chi connectivity index (χ1v) is 24.5. The average molecular weight is 1010 g/mol. The number of nitrogens with one attached hydrogen (secondary N) is 1. The smallest absolute Gasteiger partial charge is 0.408 e. The molecule has 6 heterocycles. The molecule has 2 saturated heterocycles. The van der Waals surface area contributed by atoms with Crippen LogP contribution in [0.2, 0.25) is 0 Å². The number of fused-ring (bicyclic) bond motifs is 2. The number of Topliss-reactive ketones (excluding diaryl/α,β-unsaturated/α-hetero) is 2. The Morgan fingerprint density at radius 3 is 1.51 bits per heavy atom. The number of hydrogen-bond donors (Lipinski definition) is 6. The van der Waals surface area contributed by atoms with Crippen LogP contribution in [-0.4, -0.2) is 145 Å². The van der Waals surface area contributed by atoms with E-state index in [-0.39, 0.29) is 44.0 Å². The van der Waals surface area contributed by atoms with Gasteiger partial charge in [0.05, 0.1) is 48.3 Å². The first-order chi connectivity index (χ1) is 35.8. The predicted octanol–water partition coefficient (Wildman–Crippen LogP) is 3.75. The Kier molecular flexibility index (Phi) is 17.4. The van der Waals surface area contributed by atoms with Crippen molar-refractivity contribution >= 4 is 51.4 Å². The molecule has 3 aromatic carbocycles. The highest BCUT2D eigenvalue weighted by molar-refractivity contribution is 5.89. The van der Waals surface area contributed by atoms with Crippen LogP contribution >= 0.6 is 0 Å². The molecule has 74 heavy (non-hydrogen) atoms. The fourth-order valence-corrected chi connectivity index (χ4v) is 9.69. The number of amides is 1. The van der Waals surface area contributed by atoms with E-state index in [0.29, 0.717) is 23.5 Å². The van der Waals surface area contributed by atoms with Gasteiger partial charge in [-0.25, -0.2) is 24.7 Å². The van der Waals surface area contributed by atoms with Gasteiger partial charge in [0.1, 0.15) is 60.2 Å². The molecule has 2 aliphatic heterocycles. The molecule has 20 nitrogen and oxygen atoms in total. The molecule has 0 aliphatic carbocycles. The van der Waals surface area contributed by atoms with Gasteiger partial charge in [-0.1, -0.05) is 91.0 Å². The molecular formula is C54H64N10O10. The maximum Gasteiger partial charge on any atom is 0.408 e. The van der Waals surface area contributed by atoms with E-state index >= 15 is 0 Å². The summed E-state index contributed by atoms with van der Waals surface area (Å²) >= 11 is 0. The number of anilines is 2. The molecule has 10 atom stereocenters. The van der Waals surface area contributed by atoms with Crippen LogP contribution in [0.25, 0.3) is 22.1 Å². The van der Waals surface area contributed by atoms with Crippen molar-refractivity contribution in [2.24, 2.45) is 17.6 Å². The number of ether oxygens (including phenoxy) is 3. The highest BCUT2D eigenvalue weighted by Gasteiger charge is 2.47. The zero-order chi connectivity index (χ0) is 52.5. The van der Waals surface area contributed by atoms with E-state index in [9.17, 15) is 34.8 Å². The summed E-state index contributed by atoms with van der Waals surface area (Å²) in [4.78, 5) is 60.4. The van der Waals surface area contributed by atoms with Crippen LogP contribution in [0.5, 0.6) is 0 Å². The third kappa shape index (κ3) is 12.1. The van der Waals surface area contributed by atoms with E-state index in [4.69, 9.17) is 19.9 Å². The minimum atomic E-state index is -1.12. The van der Waals surface area contributed by atoms with Gasteiger partial charge in [-0.05, 0) is 41.7 Å². The molecule has 1 amide bonds. The molecule has 0 bridgehead atoms. The van der Waals surface area contributed by atoms with Gasteiger partial charge in [0.15, 0.2) is 18.2 Å². The summed E-state index contributed by atoms with van der Waals surface area (Å²) in [6, 6.07) is 30.3. The Bertz CT molecular complexity index is 2960. The van der Waals surface area contributed by atoms with Crippen molar-refractivity contribution in [1.82, 2.24) is 34.4 Å². The van der Waals surface area contributed by atoms with E-state index in [1.54, 1.807) is 21.5 Å². The Hall–Kier alpha value is -7.17. The molecule has 2 fully saturated rings. The second-order valence-corrected chi connectivity index (χ2v) is 19.0. The first kappa shape index (κ1) is 53.1. The van der Waals surface area contributed by atoms with E-state index in [1.165, 1.54) is 12.7 Å². The number of alkyl carbamates (subject to hydrolysis) is 1. The standard InChI is InChI=1S/C31H35N5O6.C23H29N5O4/c1-35(2)28-22-13-14-36(29(22)33-19-32-28)30-27(39)23(26(17-37)42-30)16-25(38)24(15-20-9-5-3-6-10-20)34-31(40)41-18-21-11-7-4-8-12-21;1-27(2)21-15-8-9-28(22(15)26-13-25-21)23-20(31)16(19(12-29)32-23)11-18(30)17(24)10-14-6-4-3-5-7-14/h3-14,19,23-24,26-27,30,37,39H,15-18H2,1-2H3,(H,34,40);3-9,13,16-17,19-20,23,29,31H,10-12,24H2,1-2H3/t23-,24-,26+,27?,30+;16-,17-,19+,20?,23+/m00/s1. The fourth-order valence-electron chi connectivity index (χ4n) is 9.69. The minimum Gasteiger partial charge on any atom is -0.445 e.